The molecule has 9 heteroatoms. The fourth-order valence-electron chi connectivity index (χ4n) is 7.84. The maximum absolute atomic E-state index is 6.95. The van der Waals surface area contributed by atoms with Gasteiger partial charge in [0.2, 0.25) is 0 Å². The highest BCUT2D eigenvalue weighted by Gasteiger charge is 2.65. The molecule has 5 aromatic carbocycles. The van der Waals surface area contributed by atoms with Crippen molar-refractivity contribution in [1.82, 2.24) is 0 Å². The molecule has 0 saturated carbocycles. The number of rotatable bonds is 5. The highest BCUT2D eigenvalue weighted by Crippen LogP contribution is 2.47. The highest BCUT2D eigenvalue weighted by atomic mass is 16.7. The molecule has 0 radical (unpaired) electrons. The van der Waals surface area contributed by atoms with Gasteiger partial charge in [-0.2, -0.15) is 0 Å². The van der Waals surface area contributed by atoms with Crippen molar-refractivity contribution in [2.45, 2.75) is 116 Å². The Morgan fingerprint density at radius 2 is 0.922 bits per heavy atom. The SMILES string of the molecule is CC1(C)OB(B2OC(C)(C)C(C)(Cc3cc(-c4cccc(B5OC(C)(C)C(C)(C)O5)c4)cc4c5ccccc5c5ccccc5c34)O2)OC1(C)C. The molecule has 0 bridgehead atoms. The van der Waals surface area contributed by atoms with Gasteiger partial charge < -0.3 is 27.9 Å². The first-order chi connectivity index (χ1) is 23.8. The lowest BCUT2D eigenvalue weighted by Crippen LogP contribution is -2.46. The quantitative estimate of drug-likeness (QED) is 0.136. The minimum atomic E-state index is -0.704. The molecule has 0 N–H and O–H groups in total. The lowest BCUT2D eigenvalue weighted by Gasteiger charge is -2.37. The number of hydrogen-bond donors (Lipinski definition) is 0. The minimum Gasteiger partial charge on any atom is -0.405 e. The summed E-state index contributed by atoms with van der Waals surface area (Å²) in [5.41, 5.74) is 1.24. The zero-order valence-electron chi connectivity index (χ0n) is 32.0. The van der Waals surface area contributed by atoms with Crippen LogP contribution in [0.3, 0.4) is 0 Å². The van der Waals surface area contributed by atoms with Crippen LogP contribution in [-0.4, -0.2) is 54.7 Å². The summed E-state index contributed by atoms with van der Waals surface area (Å²) in [4.78, 5) is 0. The summed E-state index contributed by atoms with van der Waals surface area (Å²) in [6.07, 6.45) is 0.611. The molecule has 0 amide bonds. The average molecular weight is 682 g/mol. The molecule has 8 rings (SSSR count). The Kier molecular flexibility index (Phi) is 7.81. The van der Waals surface area contributed by atoms with Gasteiger partial charge in [-0.05, 0) is 137 Å². The summed E-state index contributed by atoms with van der Waals surface area (Å²) in [6.45, 7) is 23.0. The van der Waals surface area contributed by atoms with Crippen molar-refractivity contribution in [2.24, 2.45) is 0 Å². The molecule has 51 heavy (non-hydrogen) atoms. The van der Waals surface area contributed by atoms with Crippen molar-refractivity contribution >= 4 is 58.9 Å². The summed E-state index contributed by atoms with van der Waals surface area (Å²) >= 11 is 0. The second kappa shape index (κ2) is 11.4. The summed E-state index contributed by atoms with van der Waals surface area (Å²) < 4.78 is 39.4. The smallest absolute Gasteiger partial charge is 0.405 e. The average Bonchev–Trinajstić information content (AvgIpc) is 3.54. The largest absolute Gasteiger partial charge is 0.494 e. The van der Waals surface area contributed by atoms with E-state index >= 15 is 0 Å². The molecule has 6 nitrogen and oxygen atoms in total. The van der Waals surface area contributed by atoms with Crippen LogP contribution in [0.2, 0.25) is 0 Å². The van der Waals surface area contributed by atoms with Crippen LogP contribution in [0.4, 0.5) is 0 Å². The molecule has 0 aliphatic carbocycles. The van der Waals surface area contributed by atoms with Crippen LogP contribution >= 0.6 is 0 Å². The van der Waals surface area contributed by atoms with E-state index in [9.17, 15) is 0 Å². The van der Waals surface area contributed by atoms with Gasteiger partial charge >= 0.3 is 21.1 Å². The van der Waals surface area contributed by atoms with E-state index in [4.69, 9.17) is 27.9 Å². The predicted octanol–water partition coefficient (Wildman–Crippen LogP) is 8.90. The van der Waals surface area contributed by atoms with E-state index in [1.165, 1.54) is 37.9 Å². The first kappa shape index (κ1) is 34.9. The Labute approximate surface area is 303 Å². The van der Waals surface area contributed by atoms with E-state index in [2.05, 4.69) is 161 Å². The first-order valence-corrected chi connectivity index (χ1v) is 18.3. The van der Waals surface area contributed by atoms with E-state index in [1.807, 2.05) is 0 Å². The molecule has 3 aliphatic heterocycles. The fourth-order valence-corrected chi connectivity index (χ4v) is 7.84. The summed E-state index contributed by atoms with van der Waals surface area (Å²) in [6, 6.07) is 30.8. The van der Waals surface area contributed by atoms with Gasteiger partial charge in [-0.1, -0.05) is 78.9 Å². The fraction of sp³-hybridized carbons (Fsp3) is 0.429. The maximum Gasteiger partial charge on any atom is 0.494 e. The molecule has 3 heterocycles. The summed E-state index contributed by atoms with van der Waals surface area (Å²) in [5.74, 6) is 0. The van der Waals surface area contributed by atoms with Crippen LogP contribution in [0.15, 0.2) is 84.9 Å². The molecule has 3 saturated heterocycles. The normalized spacial score (nSPS) is 24.7. The van der Waals surface area contributed by atoms with E-state index in [0.717, 1.165) is 16.6 Å². The van der Waals surface area contributed by atoms with Gasteiger partial charge in [0.15, 0.2) is 0 Å². The minimum absolute atomic E-state index is 0.423. The Bertz CT molecular complexity index is 2160. The summed E-state index contributed by atoms with van der Waals surface area (Å²) in [5, 5.41) is 7.36. The molecule has 0 spiro atoms. The highest BCUT2D eigenvalue weighted by molar-refractivity contribution is 7.11. The van der Waals surface area contributed by atoms with Gasteiger partial charge in [-0.25, -0.2) is 0 Å². The number of fused-ring (bicyclic) bond motifs is 6. The van der Waals surface area contributed by atoms with Crippen LogP contribution in [0.1, 0.15) is 81.7 Å². The topological polar surface area (TPSA) is 55.4 Å². The van der Waals surface area contributed by atoms with Crippen molar-refractivity contribution in [3.63, 3.8) is 0 Å². The predicted molar refractivity (Wildman–Crippen MR) is 210 cm³/mol. The molecule has 0 aromatic heterocycles. The van der Waals surface area contributed by atoms with Crippen LogP contribution in [0, 0.1) is 0 Å². The van der Waals surface area contributed by atoms with Crippen LogP contribution in [0.25, 0.3) is 43.4 Å². The molecule has 3 aliphatic rings. The lowest BCUT2D eigenvalue weighted by atomic mass is 9.49. The Balaban J connectivity index is 1.28. The van der Waals surface area contributed by atoms with Crippen LogP contribution in [-0.2, 0) is 34.3 Å². The molecule has 5 aromatic rings. The van der Waals surface area contributed by atoms with Crippen molar-refractivity contribution in [1.29, 1.82) is 0 Å². The van der Waals surface area contributed by atoms with Crippen molar-refractivity contribution in [3.05, 3.63) is 90.5 Å². The van der Waals surface area contributed by atoms with E-state index in [-0.39, 0.29) is 0 Å². The second-order valence-electron chi connectivity index (χ2n) is 17.5. The standard InChI is InChI=1S/C42H49B3O6/c1-37(2)38(3,4)47-43(46-37)30-18-16-17-27(24-30)28-23-29(36-34-22-15-14-20-32(34)31-19-12-13-21-33(31)35(36)25-28)26-42(11)41(9,10)50-45(51-42)44-48-39(5,6)40(7,8)49-44/h12-25H,26H2,1-11H3. The van der Waals surface area contributed by atoms with Gasteiger partial charge in [0, 0.05) is 6.42 Å². The Hall–Kier alpha value is -3.17. The molecule has 1 unspecified atom stereocenters. The van der Waals surface area contributed by atoms with Crippen molar-refractivity contribution < 1.29 is 27.9 Å². The van der Waals surface area contributed by atoms with Gasteiger partial charge in [-0.15, -0.1) is 0 Å². The summed E-state index contributed by atoms with van der Waals surface area (Å²) in [7, 11) is -1.76. The Morgan fingerprint density at radius 3 is 1.53 bits per heavy atom. The third-order valence-electron chi connectivity index (χ3n) is 12.8. The van der Waals surface area contributed by atoms with E-state index in [0.29, 0.717) is 6.42 Å². The molecule has 262 valence electrons. The zero-order valence-corrected chi connectivity index (χ0v) is 32.0. The van der Waals surface area contributed by atoms with E-state index in [1.54, 1.807) is 0 Å². The van der Waals surface area contributed by atoms with Crippen molar-refractivity contribution in [2.75, 3.05) is 0 Å². The first-order valence-electron chi connectivity index (χ1n) is 18.3. The second-order valence-corrected chi connectivity index (χ2v) is 17.5. The van der Waals surface area contributed by atoms with Crippen molar-refractivity contribution in [3.8, 4) is 11.1 Å². The molecular weight excluding hydrogens is 633 g/mol. The van der Waals surface area contributed by atoms with Gasteiger partial charge in [0.1, 0.15) is 0 Å². The third-order valence-corrected chi connectivity index (χ3v) is 12.8. The van der Waals surface area contributed by atoms with Crippen LogP contribution in [0.5, 0.6) is 0 Å². The Morgan fingerprint density at radius 1 is 0.431 bits per heavy atom. The zero-order chi connectivity index (χ0) is 36.4. The molecular formula is C42H49B3O6. The lowest BCUT2D eigenvalue weighted by molar-refractivity contribution is -0.00852. The van der Waals surface area contributed by atoms with Gasteiger partial charge in [-0.3, -0.25) is 0 Å². The molecule has 3 fully saturated rings. The van der Waals surface area contributed by atoms with Gasteiger partial charge in [0.25, 0.3) is 0 Å². The van der Waals surface area contributed by atoms with Crippen LogP contribution < -0.4 is 5.46 Å². The van der Waals surface area contributed by atoms with E-state index < -0.39 is 54.7 Å². The monoisotopic (exact) mass is 682 g/mol. The molecule has 1 atom stereocenters. The van der Waals surface area contributed by atoms with Gasteiger partial charge in [0.05, 0.1) is 33.6 Å². The maximum atomic E-state index is 6.95. The number of hydrogen-bond acceptors (Lipinski definition) is 6. The number of benzene rings is 5. The third kappa shape index (κ3) is 5.50.